The van der Waals surface area contributed by atoms with Gasteiger partial charge in [0.1, 0.15) is 25.6 Å². The molecule has 0 saturated heterocycles. The van der Waals surface area contributed by atoms with Gasteiger partial charge in [0.25, 0.3) is 0 Å². The number of oxime groups is 1. The molecular weight excluding hydrogens is 426 g/mol. The third-order valence-electron chi connectivity index (χ3n) is 4.56. The number of nitrogens with zero attached hydrogens (tertiary/aromatic N) is 1. The van der Waals surface area contributed by atoms with Gasteiger partial charge in [0.2, 0.25) is 5.71 Å². The topological polar surface area (TPSA) is 77.4 Å². The quantitative estimate of drug-likeness (QED) is 0.201. The Hall–Kier alpha value is -3.84. The Kier molecular flexibility index (Phi) is 6.99. The van der Waals surface area contributed by atoms with Gasteiger partial charge in [-0.1, -0.05) is 77.2 Å². The van der Waals surface area contributed by atoms with Crippen LogP contribution in [-0.2, 0) is 16.2 Å². The molecule has 0 aliphatic rings. The average molecular weight is 448 g/mol. The minimum Gasteiger partial charge on any atom is -0.490 e. The lowest BCUT2D eigenvalue weighted by Crippen LogP contribution is -2.13. The lowest BCUT2D eigenvalue weighted by molar-refractivity contribution is -0.129. The van der Waals surface area contributed by atoms with Crippen molar-refractivity contribution in [1.82, 2.24) is 0 Å². The average Bonchev–Trinajstić information content (AvgIpc) is 3.28. The molecule has 0 spiro atoms. The summed E-state index contributed by atoms with van der Waals surface area (Å²) in [6, 6.07) is 26.8. The number of thiophene rings is 1. The van der Waals surface area contributed by atoms with E-state index in [1.165, 1.54) is 11.3 Å². The van der Waals surface area contributed by atoms with Gasteiger partial charge in [-0.3, -0.25) is 0 Å². The fourth-order valence-corrected chi connectivity index (χ4v) is 3.87. The second-order valence-electron chi connectivity index (χ2n) is 6.83. The molecule has 0 amide bonds. The van der Waals surface area contributed by atoms with Crippen LogP contribution in [0.15, 0.2) is 90.1 Å². The number of aliphatic carboxylic acids is 1. The van der Waals surface area contributed by atoms with E-state index in [0.29, 0.717) is 23.2 Å². The van der Waals surface area contributed by atoms with Gasteiger partial charge in [-0.05, 0) is 40.6 Å². The molecule has 162 valence electrons. The molecule has 3 aromatic carbocycles. The van der Waals surface area contributed by atoms with Crippen LogP contribution in [0.25, 0.3) is 10.8 Å². The molecule has 0 atom stereocenters. The number of carboxylic acids is 1. The van der Waals surface area contributed by atoms with E-state index >= 15 is 0 Å². The number of benzene rings is 3. The van der Waals surface area contributed by atoms with E-state index in [9.17, 15) is 9.90 Å². The summed E-state index contributed by atoms with van der Waals surface area (Å²) in [5.41, 5.74) is 0.746. The highest BCUT2D eigenvalue weighted by molar-refractivity contribution is 7.16. The first-order chi connectivity index (χ1) is 15.7. The van der Waals surface area contributed by atoms with Crippen molar-refractivity contribution in [3.63, 3.8) is 0 Å². The first kappa shape index (κ1) is 21.4. The van der Waals surface area contributed by atoms with Gasteiger partial charge >= 0.3 is 5.97 Å². The number of hydrogen-bond donors (Lipinski definition) is 1. The minimum absolute atomic E-state index is 0.159. The Morgan fingerprint density at radius 3 is 2.41 bits per heavy atom. The first-order valence-electron chi connectivity index (χ1n) is 10.0. The van der Waals surface area contributed by atoms with Crippen LogP contribution in [0.5, 0.6) is 10.8 Å². The monoisotopic (exact) mass is 447 g/mol. The van der Waals surface area contributed by atoms with Crippen molar-refractivity contribution < 1.29 is 24.2 Å². The molecule has 0 aliphatic carbocycles. The Morgan fingerprint density at radius 2 is 1.59 bits per heavy atom. The van der Waals surface area contributed by atoms with Gasteiger partial charge in [0, 0.05) is 0 Å². The van der Waals surface area contributed by atoms with Crippen molar-refractivity contribution in [3.05, 3.63) is 95.4 Å². The van der Waals surface area contributed by atoms with Crippen LogP contribution in [0.3, 0.4) is 0 Å². The highest BCUT2D eigenvalue weighted by Crippen LogP contribution is 2.26. The molecule has 0 bridgehead atoms. The molecule has 1 heterocycles. The molecular formula is C25H21NO5S. The van der Waals surface area contributed by atoms with E-state index in [-0.39, 0.29) is 12.3 Å². The summed E-state index contributed by atoms with van der Waals surface area (Å²) in [4.78, 5) is 17.3. The summed E-state index contributed by atoms with van der Waals surface area (Å²) in [6.07, 6.45) is 0. The largest absolute Gasteiger partial charge is 0.490 e. The van der Waals surface area contributed by atoms with E-state index in [1.54, 1.807) is 12.1 Å². The minimum atomic E-state index is -1.16. The molecule has 32 heavy (non-hydrogen) atoms. The molecule has 7 heteroatoms. The van der Waals surface area contributed by atoms with E-state index in [0.717, 1.165) is 22.1 Å². The summed E-state index contributed by atoms with van der Waals surface area (Å²) < 4.78 is 11.5. The molecule has 4 aromatic rings. The van der Waals surface area contributed by atoms with E-state index in [4.69, 9.17) is 14.3 Å². The maximum absolute atomic E-state index is 11.6. The SMILES string of the molecule is O=C(O)C(=NOCc1ccccc1)c1ccc(OCCOc2ccc3ccccc3c2)s1. The van der Waals surface area contributed by atoms with Crippen molar-refractivity contribution >= 4 is 33.8 Å². The van der Waals surface area contributed by atoms with Crippen molar-refractivity contribution in [1.29, 1.82) is 0 Å². The molecule has 0 saturated carbocycles. The van der Waals surface area contributed by atoms with Crippen molar-refractivity contribution in [3.8, 4) is 10.8 Å². The molecule has 1 N–H and O–H groups in total. The zero-order chi connectivity index (χ0) is 22.2. The maximum atomic E-state index is 11.6. The van der Waals surface area contributed by atoms with Crippen LogP contribution >= 0.6 is 11.3 Å². The van der Waals surface area contributed by atoms with Crippen LogP contribution in [0.1, 0.15) is 10.4 Å². The van der Waals surface area contributed by atoms with Crippen LogP contribution in [0.4, 0.5) is 0 Å². The normalized spacial score (nSPS) is 11.3. The summed E-state index contributed by atoms with van der Waals surface area (Å²) >= 11 is 1.19. The highest BCUT2D eigenvalue weighted by atomic mass is 32.1. The summed E-state index contributed by atoms with van der Waals surface area (Å²) in [5.74, 6) is -0.388. The predicted octanol–water partition coefficient (Wildman–Crippen LogP) is 5.36. The van der Waals surface area contributed by atoms with Crippen molar-refractivity contribution in [2.75, 3.05) is 13.2 Å². The summed E-state index contributed by atoms with van der Waals surface area (Å²) in [5, 5.41) is 16.1. The van der Waals surface area contributed by atoms with Crippen LogP contribution in [-0.4, -0.2) is 30.0 Å². The van der Waals surface area contributed by atoms with Gasteiger partial charge in [-0.2, -0.15) is 0 Å². The molecule has 0 radical (unpaired) electrons. The molecule has 4 rings (SSSR count). The molecule has 1 aromatic heterocycles. The zero-order valence-electron chi connectivity index (χ0n) is 17.1. The lowest BCUT2D eigenvalue weighted by Gasteiger charge is -2.08. The Bertz CT molecular complexity index is 1220. The Labute approximate surface area is 189 Å². The number of fused-ring (bicyclic) bond motifs is 1. The maximum Gasteiger partial charge on any atom is 0.359 e. The van der Waals surface area contributed by atoms with Crippen LogP contribution in [0.2, 0.25) is 0 Å². The summed E-state index contributed by atoms with van der Waals surface area (Å²) in [6.45, 7) is 0.890. The Morgan fingerprint density at radius 1 is 0.844 bits per heavy atom. The summed E-state index contributed by atoms with van der Waals surface area (Å²) in [7, 11) is 0. The van der Waals surface area contributed by atoms with Gasteiger partial charge in [-0.15, -0.1) is 0 Å². The molecule has 0 aliphatic heterocycles. The fraction of sp³-hybridized carbons (Fsp3) is 0.120. The second-order valence-corrected chi connectivity index (χ2v) is 7.87. The fourth-order valence-electron chi connectivity index (χ4n) is 3.02. The number of carbonyl (C=O) groups is 1. The number of carboxylic acid groups (broad SMARTS) is 1. The second kappa shape index (κ2) is 10.5. The third kappa shape index (κ3) is 5.65. The van der Waals surface area contributed by atoms with E-state index in [2.05, 4.69) is 11.2 Å². The van der Waals surface area contributed by atoms with E-state index < -0.39 is 5.97 Å². The number of ether oxygens (including phenoxy) is 2. The van der Waals surface area contributed by atoms with E-state index in [1.807, 2.05) is 66.7 Å². The smallest absolute Gasteiger partial charge is 0.359 e. The lowest BCUT2D eigenvalue weighted by atomic mass is 10.1. The first-order valence-corrected chi connectivity index (χ1v) is 10.8. The van der Waals surface area contributed by atoms with Gasteiger partial charge in [0.05, 0.1) is 4.88 Å². The van der Waals surface area contributed by atoms with Gasteiger partial charge in [0.15, 0.2) is 5.06 Å². The van der Waals surface area contributed by atoms with Crippen molar-refractivity contribution in [2.24, 2.45) is 5.16 Å². The molecule has 6 nitrogen and oxygen atoms in total. The van der Waals surface area contributed by atoms with Gasteiger partial charge < -0.3 is 19.4 Å². The highest BCUT2D eigenvalue weighted by Gasteiger charge is 2.17. The van der Waals surface area contributed by atoms with Crippen molar-refractivity contribution in [2.45, 2.75) is 6.61 Å². The number of rotatable bonds is 10. The predicted molar refractivity (Wildman–Crippen MR) is 125 cm³/mol. The molecule has 0 fully saturated rings. The van der Waals surface area contributed by atoms with Crippen LogP contribution < -0.4 is 9.47 Å². The zero-order valence-corrected chi connectivity index (χ0v) is 18.0. The molecule has 0 unspecified atom stereocenters. The van der Waals surface area contributed by atoms with Crippen LogP contribution in [0, 0.1) is 0 Å². The number of hydrogen-bond acceptors (Lipinski definition) is 6. The third-order valence-corrected chi connectivity index (χ3v) is 5.57. The van der Waals surface area contributed by atoms with Gasteiger partial charge in [-0.25, -0.2) is 4.79 Å². The Balaban J connectivity index is 1.29. The standard InChI is InChI=1S/C25H21NO5S/c27-25(28)24(26-31-17-18-6-2-1-3-7-18)22-12-13-23(32-22)30-15-14-29-21-11-10-19-8-4-5-9-20(19)16-21/h1-13,16H,14-15,17H2,(H,27,28).